The monoisotopic (exact) mass is 350 g/mol. The van der Waals surface area contributed by atoms with Gasteiger partial charge in [-0.15, -0.1) is 0 Å². The molecule has 1 fully saturated rings. The van der Waals surface area contributed by atoms with Gasteiger partial charge in [-0.1, -0.05) is 36.0 Å². The molecule has 1 amide bonds. The molecule has 0 unspecified atom stereocenters. The predicted octanol–water partition coefficient (Wildman–Crippen LogP) is 2.66. The van der Waals surface area contributed by atoms with Crippen LogP contribution in [0, 0.1) is 0 Å². The van der Waals surface area contributed by atoms with Crippen molar-refractivity contribution >= 4 is 39.1 Å². The molecule has 0 aliphatic heterocycles. The summed E-state index contributed by atoms with van der Waals surface area (Å²) in [6.45, 7) is 0. The number of carbonyl (C=O) groups is 1. The van der Waals surface area contributed by atoms with Gasteiger partial charge in [-0.2, -0.15) is 0 Å². The molecule has 1 aromatic carbocycles. The average Bonchev–Trinajstić information content (AvgIpc) is 2.92. The maximum absolute atomic E-state index is 12.5. The van der Waals surface area contributed by atoms with Crippen molar-refractivity contribution in [2.45, 2.75) is 36.6 Å². The Kier molecular flexibility index (Phi) is 4.82. The highest BCUT2D eigenvalue weighted by atomic mass is 35.5. The first-order valence-electron chi connectivity index (χ1n) is 6.51. The van der Waals surface area contributed by atoms with Gasteiger partial charge >= 0.3 is 0 Å². The first-order valence-corrected chi connectivity index (χ1v) is 8.81. The molecule has 0 heterocycles. The van der Waals surface area contributed by atoms with Gasteiger partial charge < -0.3 is 4.90 Å². The Bertz CT molecular complexity index is 670. The number of nitrogens with two attached hydrogens (primary N) is 1. The molecule has 2 N–H and O–H groups in total. The Balaban J connectivity index is 2.44. The van der Waals surface area contributed by atoms with Crippen molar-refractivity contribution in [3.8, 4) is 0 Å². The van der Waals surface area contributed by atoms with Gasteiger partial charge in [-0.3, -0.25) is 4.79 Å². The highest BCUT2D eigenvalue weighted by Crippen LogP contribution is 2.31. The van der Waals surface area contributed by atoms with Crippen molar-refractivity contribution in [2.24, 2.45) is 5.14 Å². The van der Waals surface area contributed by atoms with Crippen LogP contribution < -0.4 is 5.14 Å². The normalized spacial score (nSPS) is 16.2. The molecule has 116 valence electrons. The van der Waals surface area contributed by atoms with Crippen LogP contribution in [0.4, 0.5) is 0 Å². The molecule has 1 saturated carbocycles. The predicted molar refractivity (Wildman–Crippen MR) is 82.2 cm³/mol. The Morgan fingerprint density at radius 3 is 2.38 bits per heavy atom. The van der Waals surface area contributed by atoms with Crippen LogP contribution in [0.3, 0.4) is 0 Å². The number of halogens is 2. The lowest BCUT2D eigenvalue weighted by Gasteiger charge is -2.25. The van der Waals surface area contributed by atoms with E-state index in [-0.39, 0.29) is 32.5 Å². The van der Waals surface area contributed by atoms with Crippen LogP contribution in [-0.4, -0.2) is 32.3 Å². The number of primary sulfonamides is 1. The quantitative estimate of drug-likeness (QED) is 0.909. The third kappa shape index (κ3) is 3.51. The fourth-order valence-electron chi connectivity index (χ4n) is 2.57. The Hall–Kier alpha value is -0.820. The van der Waals surface area contributed by atoms with Gasteiger partial charge in [-0.05, 0) is 25.0 Å². The molecule has 2 rings (SSSR count). The van der Waals surface area contributed by atoms with Crippen LogP contribution >= 0.6 is 23.2 Å². The third-order valence-electron chi connectivity index (χ3n) is 3.73. The highest BCUT2D eigenvalue weighted by molar-refractivity contribution is 7.89. The van der Waals surface area contributed by atoms with E-state index >= 15 is 0 Å². The van der Waals surface area contributed by atoms with Crippen LogP contribution in [0.25, 0.3) is 0 Å². The molecule has 0 aromatic heterocycles. The zero-order valence-electron chi connectivity index (χ0n) is 11.5. The summed E-state index contributed by atoms with van der Waals surface area (Å²) in [5, 5.41) is 5.02. The molecule has 0 saturated heterocycles. The number of sulfonamides is 1. The fraction of sp³-hybridized carbons (Fsp3) is 0.462. The van der Waals surface area contributed by atoms with E-state index in [1.54, 1.807) is 11.9 Å². The van der Waals surface area contributed by atoms with Gasteiger partial charge in [0, 0.05) is 18.1 Å². The lowest BCUT2D eigenvalue weighted by molar-refractivity contribution is 0.0735. The van der Waals surface area contributed by atoms with E-state index in [2.05, 4.69) is 0 Å². The maximum Gasteiger partial charge on any atom is 0.255 e. The highest BCUT2D eigenvalue weighted by Gasteiger charge is 2.28. The summed E-state index contributed by atoms with van der Waals surface area (Å²) < 4.78 is 23.0. The summed E-state index contributed by atoms with van der Waals surface area (Å²) >= 11 is 11.9. The van der Waals surface area contributed by atoms with Gasteiger partial charge in [0.2, 0.25) is 10.0 Å². The molecule has 1 aliphatic rings. The number of rotatable bonds is 3. The van der Waals surface area contributed by atoms with Crippen LogP contribution in [-0.2, 0) is 10.0 Å². The number of hydrogen-bond acceptors (Lipinski definition) is 3. The summed E-state index contributed by atoms with van der Waals surface area (Å²) in [5.74, 6) is -0.348. The molecule has 0 atom stereocenters. The minimum absolute atomic E-state index is 0.0580. The van der Waals surface area contributed by atoms with E-state index in [1.165, 1.54) is 6.07 Å². The zero-order chi connectivity index (χ0) is 15.8. The zero-order valence-corrected chi connectivity index (χ0v) is 13.8. The molecule has 0 bridgehead atoms. The smallest absolute Gasteiger partial charge is 0.255 e. The number of hydrogen-bond donors (Lipinski definition) is 1. The first-order chi connectivity index (χ1) is 9.71. The fourth-order valence-corrected chi connectivity index (χ4v) is 4.02. The third-order valence-corrected chi connectivity index (χ3v) is 5.41. The molecule has 1 aromatic rings. The summed E-state index contributed by atoms with van der Waals surface area (Å²) in [4.78, 5) is 13.8. The van der Waals surface area contributed by atoms with Gasteiger partial charge in [-0.25, -0.2) is 13.6 Å². The lowest BCUT2D eigenvalue weighted by Crippen LogP contribution is -2.35. The van der Waals surface area contributed by atoms with Crippen molar-refractivity contribution < 1.29 is 13.2 Å². The molecular weight excluding hydrogens is 335 g/mol. The number of amides is 1. The van der Waals surface area contributed by atoms with Crippen LogP contribution in [0.1, 0.15) is 36.0 Å². The van der Waals surface area contributed by atoms with Crippen molar-refractivity contribution in [2.75, 3.05) is 7.05 Å². The summed E-state index contributed by atoms with van der Waals surface area (Å²) in [6.07, 6.45) is 4.02. The van der Waals surface area contributed by atoms with E-state index in [9.17, 15) is 13.2 Å². The first kappa shape index (κ1) is 16.5. The summed E-state index contributed by atoms with van der Waals surface area (Å²) in [6, 6.07) is 2.66. The van der Waals surface area contributed by atoms with E-state index in [4.69, 9.17) is 28.3 Å². The van der Waals surface area contributed by atoms with E-state index < -0.39 is 10.0 Å². The number of benzene rings is 1. The van der Waals surface area contributed by atoms with E-state index in [0.29, 0.717) is 0 Å². The van der Waals surface area contributed by atoms with Gasteiger partial charge in [0.05, 0.1) is 10.6 Å². The largest absolute Gasteiger partial charge is 0.339 e. The van der Waals surface area contributed by atoms with Crippen LogP contribution in [0.15, 0.2) is 17.0 Å². The lowest BCUT2D eigenvalue weighted by atomic mass is 10.1. The van der Waals surface area contributed by atoms with Crippen molar-refractivity contribution in [1.82, 2.24) is 4.90 Å². The Morgan fingerprint density at radius 1 is 1.29 bits per heavy atom. The minimum Gasteiger partial charge on any atom is -0.339 e. The second kappa shape index (κ2) is 6.12. The molecule has 0 spiro atoms. The molecule has 8 heteroatoms. The maximum atomic E-state index is 12.5. The van der Waals surface area contributed by atoms with Gasteiger partial charge in [0.25, 0.3) is 5.91 Å². The standard InChI is InChI=1S/C13H16Cl2N2O3S/c1-17(9-4-2-3-5-9)13(18)10-6-8(14)7-11(12(10)15)21(16,19)20/h6-7,9H,2-5H2,1H3,(H2,16,19,20). The SMILES string of the molecule is CN(C(=O)c1cc(Cl)cc(S(N)(=O)=O)c1Cl)C1CCCC1. The van der Waals surface area contributed by atoms with Crippen molar-refractivity contribution in [3.63, 3.8) is 0 Å². The molecule has 21 heavy (non-hydrogen) atoms. The topological polar surface area (TPSA) is 80.5 Å². The molecular formula is C13H16Cl2N2O3S. The second-order valence-corrected chi connectivity index (χ2v) is 7.51. The summed E-state index contributed by atoms with van der Waals surface area (Å²) in [7, 11) is -2.36. The number of nitrogens with zero attached hydrogens (tertiary/aromatic N) is 1. The van der Waals surface area contributed by atoms with Crippen molar-refractivity contribution in [3.05, 3.63) is 27.7 Å². The molecule has 5 nitrogen and oxygen atoms in total. The van der Waals surface area contributed by atoms with Crippen LogP contribution in [0.5, 0.6) is 0 Å². The van der Waals surface area contributed by atoms with E-state index in [0.717, 1.165) is 31.7 Å². The summed E-state index contributed by atoms with van der Waals surface area (Å²) in [5.41, 5.74) is 0.0580. The molecule has 1 aliphatic carbocycles. The number of carbonyl (C=O) groups excluding carboxylic acids is 1. The Labute approximate surface area is 134 Å². The minimum atomic E-state index is -4.04. The second-order valence-electron chi connectivity index (χ2n) is 5.16. The van der Waals surface area contributed by atoms with E-state index in [1.807, 2.05) is 0 Å². The van der Waals surface area contributed by atoms with Crippen LogP contribution in [0.2, 0.25) is 10.0 Å². The Morgan fingerprint density at radius 2 is 1.86 bits per heavy atom. The van der Waals surface area contributed by atoms with Crippen molar-refractivity contribution in [1.29, 1.82) is 0 Å². The van der Waals surface area contributed by atoms with Gasteiger partial charge in [0.15, 0.2) is 0 Å². The van der Waals surface area contributed by atoms with Gasteiger partial charge in [0.1, 0.15) is 4.90 Å². The molecule has 0 radical (unpaired) electrons. The average molecular weight is 351 g/mol.